The van der Waals surface area contributed by atoms with Crippen molar-refractivity contribution in [2.24, 2.45) is 11.7 Å². The molecule has 5 heteroatoms. The van der Waals surface area contributed by atoms with Gasteiger partial charge in [0.1, 0.15) is 6.04 Å². The zero-order valence-electron chi connectivity index (χ0n) is 9.97. The molecule has 0 aromatic heterocycles. The smallest absolute Gasteiger partial charge is 0.326 e. The summed E-state index contributed by atoms with van der Waals surface area (Å²) in [4.78, 5) is 24.6. The number of nitrogens with zero attached hydrogens (tertiary/aromatic N) is 1. The van der Waals surface area contributed by atoms with E-state index in [1.165, 1.54) is 11.3 Å². The van der Waals surface area contributed by atoms with Gasteiger partial charge in [0, 0.05) is 19.0 Å². The van der Waals surface area contributed by atoms with Crippen LogP contribution < -0.4 is 5.73 Å². The van der Waals surface area contributed by atoms with E-state index in [-0.39, 0.29) is 24.3 Å². The maximum Gasteiger partial charge on any atom is 0.326 e. The minimum Gasteiger partial charge on any atom is -0.480 e. The lowest BCUT2D eigenvalue weighted by atomic mass is 9.83. The van der Waals surface area contributed by atoms with Crippen molar-refractivity contribution in [3.63, 3.8) is 0 Å². The van der Waals surface area contributed by atoms with Gasteiger partial charge in [0.25, 0.3) is 0 Å². The van der Waals surface area contributed by atoms with E-state index in [9.17, 15) is 14.7 Å². The van der Waals surface area contributed by atoms with Gasteiger partial charge in [0.15, 0.2) is 0 Å². The Kier molecular flexibility index (Phi) is 3.66. The Morgan fingerprint density at radius 1 is 1.35 bits per heavy atom. The normalized spacial score (nSPS) is 28.4. The first-order chi connectivity index (χ1) is 8.09. The SMILES string of the molecule is NC1CC(=O)N([C@H](C(=O)O)C2CCCCC2)C1. The van der Waals surface area contributed by atoms with Crippen molar-refractivity contribution < 1.29 is 14.7 Å². The van der Waals surface area contributed by atoms with Crippen LogP contribution in [0.4, 0.5) is 0 Å². The predicted octanol–water partition coefficient (Wildman–Crippen LogP) is 0.579. The van der Waals surface area contributed by atoms with Crippen LogP contribution in [0.5, 0.6) is 0 Å². The fraction of sp³-hybridized carbons (Fsp3) is 0.833. The number of rotatable bonds is 3. The molecule has 2 fully saturated rings. The van der Waals surface area contributed by atoms with Crippen LogP contribution >= 0.6 is 0 Å². The average molecular weight is 240 g/mol. The summed E-state index contributed by atoms with van der Waals surface area (Å²) >= 11 is 0. The largest absolute Gasteiger partial charge is 0.480 e. The van der Waals surface area contributed by atoms with Crippen LogP contribution in [0.1, 0.15) is 38.5 Å². The summed E-state index contributed by atoms with van der Waals surface area (Å²) in [6.07, 6.45) is 5.43. The summed E-state index contributed by atoms with van der Waals surface area (Å²) in [5.41, 5.74) is 5.73. The molecule has 0 aromatic carbocycles. The molecule has 2 aliphatic rings. The van der Waals surface area contributed by atoms with E-state index in [1.54, 1.807) is 0 Å². The highest BCUT2D eigenvalue weighted by Crippen LogP contribution is 2.31. The zero-order valence-corrected chi connectivity index (χ0v) is 9.97. The summed E-state index contributed by atoms with van der Waals surface area (Å²) in [6.45, 7) is 0.395. The predicted molar refractivity (Wildman–Crippen MR) is 62.3 cm³/mol. The first-order valence-corrected chi connectivity index (χ1v) is 6.37. The molecule has 1 saturated heterocycles. The second-order valence-corrected chi connectivity index (χ2v) is 5.19. The van der Waals surface area contributed by atoms with Crippen LogP contribution in [0.25, 0.3) is 0 Å². The number of carboxylic acids is 1. The zero-order chi connectivity index (χ0) is 12.4. The minimum atomic E-state index is -0.876. The molecule has 3 N–H and O–H groups in total. The highest BCUT2D eigenvalue weighted by atomic mass is 16.4. The fourth-order valence-electron chi connectivity index (χ4n) is 3.07. The Bertz CT molecular complexity index is 313. The molecule has 1 unspecified atom stereocenters. The number of carboxylic acid groups (broad SMARTS) is 1. The number of hydrogen-bond acceptors (Lipinski definition) is 3. The number of hydrogen-bond donors (Lipinski definition) is 2. The van der Waals surface area contributed by atoms with Gasteiger partial charge < -0.3 is 15.7 Å². The third-order valence-corrected chi connectivity index (χ3v) is 3.87. The topological polar surface area (TPSA) is 83.6 Å². The van der Waals surface area contributed by atoms with E-state index in [4.69, 9.17) is 5.73 Å². The van der Waals surface area contributed by atoms with Crippen molar-refractivity contribution in [2.45, 2.75) is 50.6 Å². The number of likely N-dealkylation sites (tertiary alicyclic amines) is 1. The van der Waals surface area contributed by atoms with Crippen LogP contribution in [0.3, 0.4) is 0 Å². The number of aliphatic carboxylic acids is 1. The number of carbonyl (C=O) groups excluding carboxylic acids is 1. The van der Waals surface area contributed by atoms with Crippen LogP contribution in [-0.4, -0.2) is 40.5 Å². The van der Waals surface area contributed by atoms with Crippen molar-refractivity contribution in [3.8, 4) is 0 Å². The molecule has 0 spiro atoms. The summed E-state index contributed by atoms with van der Waals surface area (Å²) < 4.78 is 0. The molecule has 1 saturated carbocycles. The molecular formula is C12H20N2O3. The molecule has 1 amide bonds. The lowest BCUT2D eigenvalue weighted by molar-refractivity contribution is -0.151. The van der Waals surface area contributed by atoms with Gasteiger partial charge in [-0.3, -0.25) is 4.79 Å². The second kappa shape index (κ2) is 5.04. The summed E-state index contributed by atoms with van der Waals surface area (Å²) in [5.74, 6) is -0.870. The van der Waals surface area contributed by atoms with Crippen LogP contribution in [0, 0.1) is 5.92 Å². The van der Waals surface area contributed by atoms with Crippen molar-refractivity contribution in [3.05, 3.63) is 0 Å². The van der Waals surface area contributed by atoms with Gasteiger partial charge in [-0.1, -0.05) is 19.3 Å². The van der Waals surface area contributed by atoms with Gasteiger partial charge in [-0.05, 0) is 18.8 Å². The molecule has 5 nitrogen and oxygen atoms in total. The lowest BCUT2D eigenvalue weighted by Gasteiger charge is -2.33. The Labute approximate surface area is 101 Å². The highest BCUT2D eigenvalue weighted by Gasteiger charge is 2.40. The Morgan fingerprint density at radius 2 is 2.00 bits per heavy atom. The maximum atomic E-state index is 11.8. The molecule has 1 heterocycles. The van der Waals surface area contributed by atoms with Crippen molar-refractivity contribution in [1.82, 2.24) is 4.90 Å². The fourth-order valence-corrected chi connectivity index (χ4v) is 3.07. The van der Waals surface area contributed by atoms with Crippen LogP contribution in [-0.2, 0) is 9.59 Å². The van der Waals surface area contributed by atoms with Gasteiger partial charge in [0.05, 0.1) is 0 Å². The summed E-state index contributed by atoms with van der Waals surface area (Å²) in [5, 5.41) is 9.36. The van der Waals surface area contributed by atoms with Crippen molar-refractivity contribution in [2.75, 3.05) is 6.54 Å². The molecule has 0 radical (unpaired) electrons. The van der Waals surface area contributed by atoms with Crippen LogP contribution in [0.15, 0.2) is 0 Å². The van der Waals surface area contributed by atoms with Gasteiger partial charge in [-0.2, -0.15) is 0 Å². The molecule has 2 atom stereocenters. The second-order valence-electron chi connectivity index (χ2n) is 5.19. The number of nitrogens with two attached hydrogens (primary N) is 1. The van der Waals surface area contributed by atoms with Crippen molar-refractivity contribution >= 4 is 11.9 Å². The minimum absolute atomic E-state index is 0.101. The van der Waals surface area contributed by atoms with E-state index in [2.05, 4.69) is 0 Å². The van der Waals surface area contributed by atoms with E-state index in [0.717, 1.165) is 25.7 Å². The van der Waals surface area contributed by atoms with E-state index < -0.39 is 12.0 Å². The molecular weight excluding hydrogens is 220 g/mol. The average Bonchev–Trinajstić information content (AvgIpc) is 2.59. The standard InChI is InChI=1S/C12H20N2O3/c13-9-6-10(15)14(7-9)11(12(16)17)8-4-2-1-3-5-8/h8-9,11H,1-7,13H2,(H,16,17)/t9?,11-/m0/s1. The molecule has 17 heavy (non-hydrogen) atoms. The molecule has 0 bridgehead atoms. The lowest BCUT2D eigenvalue weighted by Crippen LogP contribution is -2.48. The molecule has 96 valence electrons. The van der Waals surface area contributed by atoms with E-state index in [1.807, 2.05) is 0 Å². The quantitative estimate of drug-likeness (QED) is 0.755. The monoisotopic (exact) mass is 240 g/mol. The van der Waals surface area contributed by atoms with Crippen LogP contribution in [0.2, 0.25) is 0 Å². The van der Waals surface area contributed by atoms with E-state index >= 15 is 0 Å². The highest BCUT2D eigenvalue weighted by molar-refractivity contribution is 5.85. The van der Waals surface area contributed by atoms with Gasteiger partial charge in [0.2, 0.25) is 5.91 Å². The maximum absolute atomic E-state index is 11.8. The Morgan fingerprint density at radius 3 is 2.47 bits per heavy atom. The third kappa shape index (κ3) is 2.60. The van der Waals surface area contributed by atoms with Gasteiger partial charge >= 0.3 is 5.97 Å². The summed E-state index contributed by atoms with van der Waals surface area (Å²) in [6, 6.07) is -0.857. The molecule has 1 aliphatic heterocycles. The van der Waals surface area contributed by atoms with Gasteiger partial charge in [-0.25, -0.2) is 4.79 Å². The Hall–Kier alpha value is -1.10. The first kappa shape index (κ1) is 12.4. The van der Waals surface area contributed by atoms with E-state index in [0.29, 0.717) is 6.54 Å². The Balaban J connectivity index is 2.11. The molecule has 1 aliphatic carbocycles. The number of amides is 1. The molecule has 0 aromatic rings. The first-order valence-electron chi connectivity index (χ1n) is 6.37. The number of carbonyl (C=O) groups is 2. The summed E-state index contributed by atoms with van der Waals surface area (Å²) in [7, 11) is 0. The van der Waals surface area contributed by atoms with Gasteiger partial charge in [-0.15, -0.1) is 0 Å². The third-order valence-electron chi connectivity index (χ3n) is 3.87. The molecule has 2 rings (SSSR count). The van der Waals surface area contributed by atoms with Crippen molar-refractivity contribution in [1.29, 1.82) is 0 Å².